The Morgan fingerprint density at radius 1 is 1.43 bits per heavy atom. The molecule has 2 nitrogen and oxygen atoms in total. The second-order valence-electron chi connectivity index (χ2n) is 4.72. The minimum absolute atomic E-state index is 0.297. The summed E-state index contributed by atoms with van der Waals surface area (Å²) in [4.78, 5) is 0. The maximum absolute atomic E-state index is 9.29. The molecule has 1 atom stereocenters. The zero-order valence-electron chi connectivity index (χ0n) is 9.64. The number of rotatable bonds is 4. The average molecular weight is 194 g/mol. The number of hydrogen-bond donors (Lipinski definition) is 1. The molecule has 0 aromatic rings. The molecule has 1 saturated carbocycles. The summed E-state index contributed by atoms with van der Waals surface area (Å²) >= 11 is 0. The Labute approximate surface area is 87.7 Å². The molecule has 1 fully saturated rings. The van der Waals surface area contributed by atoms with E-state index in [9.17, 15) is 5.26 Å². The Morgan fingerprint density at radius 3 is 2.36 bits per heavy atom. The number of nitrogens with one attached hydrogen (secondary N) is 1. The number of nitriles is 1. The second kappa shape index (κ2) is 4.79. The van der Waals surface area contributed by atoms with Crippen LogP contribution in [0.5, 0.6) is 0 Å². The quantitative estimate of drug-likeness (QED) is 0.747. The fraction of sp³-hybridized carbons (Fsp3) is 0.917. The molecule has 2 heteroatoms. The third-order valence-electron chi connectivity index (χ3n) is 3.56. The Kier molecular flexibility index (Phi) is 3.95. The van der Waals surface area contributed by atoms with Crippen LogP contribution in [-0.2, 0) is 0 Å². The first-order chi connectivity index (χ1) is 6.64. The maximum atomic E-state index is 9.29. The first-order valence-corrected chi connectivity index (χ1v) is 5.83. The molecule has 0 bridgehead atoms. The lowest BCUT2D eigenvalue weighted by Gasteiger charge is -2.33. The van der Waals surface area contributed by atoms with Gasteiger partial charge in [-0.15, -0.1) is 0 Å². The lowest BCUT2D eigenvalue weighted by molar-refractivity contribution is 0.267. The van der Waals surface area contributed by atoms with Crippen LogP contribution < -0.4 is 5.32 Å². The van der Waals surface area contributed by atoms with Crippen LogP contribution in [0.2, 0.25) is 0 Å². The molecule has 1 aliphatic carbocycles. The van der Waals surface area contributed by atoms with Gasteiger partial charge >= 0.3 is 0 Å². The Morgan fingerprint density at radius 2 is 2.00 bits per heavy atom. The van der Waals surface area contributed by atoms with Crippen LogP contribution in [-0.4, -0.2) is 11.6 Å². The lowest BCUT2D eigenvalue weighted by atomic mass is 9.84. The summed E-state index contributed by atoms with van der Waals surface area (Å²) in [7, 11) is 0. The van der Waals surface area contributed by atoms with Crippen LogP contribution in [0, 0.1) is 17.2 Å². The molecule has 0 radical (unpaired) electrons. The predicted octanol–water partition coefficient (Wildman–Crippen LogP) is 2.85. The van der Waals surface area contributed by atoms with Crippen LogP contribution in [0.1, 0.15) is 52.9 Å². The molecule has 0 amide bonds. The van der Waals surface area contributed by atoms with Crippen molar-refractivity contribution in [3.05, 3.63) is 0 Å². The highest BCUT2D eigenvalue weighted by Crippen LogP contribution is 2.26. The monoisotopic (exact) mass is 194 g/mol. The van der Waals surface area contributed by atoms with Crippen molar-refractivity contribution in [1.29, 1.82) is 5.26 Å². The van der Waals surface area contributed by atoms with Gasteiger partial charge in [-0.2, -0.15) is 5.26 Å². The molecule has 0 aromatic carbocycles. The van der Waals surface area contributed by atoms with Crippen LogP contribution in [0.15, 0.2) is 0 Å². The van der Waals surface area contributed by atoms with Crippen molar-refractivity contribution in [3.8, 4) is 6.07 Å². The van der Waals surface area contributed by atoms with Gasteiger partial charge in [-0.25, -0.2) is 0 Å². The van der Waals surface area contributed by atoms with Gasteiger partial charge in [-0.3, -0.25) is 5.32 Å². The van der Waals surface area contributed by atoms with Gasteiger partial charge in [-0.05, 0) is 25.2 Å². The van der Waals surface area contributed by atoms with Gasteiger partial charge in [0.25, 0.3) is 0 Å². The van der Waals surface area contributed by atoms with E-state index in [0.29, 0.717) is 12.0 Å². The normalized spacial score (nSPS) is 22.2. The molecule has 0 saturated heterocycles. The number of nitrogens with zero attached hydrogens (tertiary/aromatic N) is 1. The van der Waals surface area contributed by atoms with Crippen molar-refractivity contribution in [3.63, 3.8) is 0 Å². The Balaban J connectivity index is 2.63. The maximum Gasteiger partial charge on any atom is 0.109 e. The molecule has 1 aliphatic rings. The highest BCUT2D eigenvalue weighted by Gasteiger charge is 2.34. The standard InChI is InChI=1S/C12H22N2/c1-4-12(9-13,10(2)3)14-11-7-5-6-8-11/h10-11,14H,4-8H2,1-3H3. The van der Waals surface area contributed by atoms with Crippen molar-refractivity contribution < 1.29 is 0 Å². The van der Waals surface area contributed by atoms with Crippen molar-refractivity contribution in [2.45, 2.75) is 64.5 Å². The molecule has 80 valence electrons. The molecule has 0 aliphatic heterocycles. The zero-order valence-corrected chi connectivity index (χ0v) is 9.64. The van der Waals surface area contributed by atoms with E-state index in [2.05, 4.69) is 32.2 Å². The Hall–Kier alpha value is -0.550. The summed E-state index contributed by atoms with van der Waals surface area (Å²) in [6.07, 6.45) is 6.03. The minimum atomic E-state index is -0.297. The molecule has 14 heavy (non-hydrogen) atoms. The molecular weight excluding hydrogens is 172 g/mol. The molecule has 0 heterocycles. The summed E-state index contributed by atoms with van der Waals surface area (Å²) in [6, 6.07) is 3.06. The molecule has 1 N–H and O–H groups in total. The van der Waals surface area contributed by atoms with Crippen LogP contribution >= 0.6 is 0 Å². The highest BCUT2D eigenvalue weighted by atomic mass is 15.0. The van der Waals surface area contributed by atoms with E-state index >= 15 is 0 Å². The van der Waals surface area contributed by atoms with Crippen molar-refractivity contribution >= 4 is 0 Å². The van der Waals surface area contributed by atoms with E-state index < -0.39 is 0 Å². The van der Waals surface area contributed by atoms with E-state index in [1.807, 2.05) is 0 Å². The van der Waals surface area contributed by atoms with Gasteiger partial charge < -0.3 is 0 Å². The van der Waals surface area contributed by atoms with Crippen molar-refractivity contribution in [2.75, 3.05) is 0 Å². The molecule has 0 spiro atoms. The van der Waals surface area contributed by atoms with Gasteiger partial charge in [0.1, 0.15) is 5.54 Å². The van der Waals surface area contributed by atoms with Crippen LogP contribution in [0.25, 0.3) is 0 Å². The number of hydrogen-bond acceptors (Lipinski definition) is 2. The summed E-state index contributed by atoms with van der Waals surface area (Å²) in [5.74, 6) is 0.387. The van der Waals surface area contributed by atoms with Gasteiger partial charge in [0, 0.05) is 6.04 Å². The van der Waals surface area contributed by atoms with E-state index in [1.165, 1.54) is 25.7 Å². The van der Waals surface area contributed by atoms with E-state index in [0.717, 1.165) is 6.42 Å². The Bertz CT molecular complexity index is 211. The molecular formula is C12H22N2. The SMILES string of the molecule is CCC(C#N)(NC1CCCC1)C(C)C. The first-order valence-electron chi connectivity index (χ1n) is 5.83. The van der Waals surface area contributed by atoms with Crippen molar-refractivity contribution in [2.24, 2.45) is 5.92 Å². The third-order valence-corrected chi connectivity index (χ3v) is 3.56. The largest absolute Gasteiger partial charge is 0.296 e. The summed E-state index contributed by atoms with van der Waals surface area (Å²) in [5, 5.41) is 12.9. The van der Waals surface area contributed by atoms with Gasteiger partial charge in [-0.1, -0.05) is 33.6 Å². The van der Waals surface area contributed by atoms with Crippen molar-refractivity contribution in [1.82, 2.24) is 5.32 Å². The van der Waals surface area contributed by atoms with Crippen LogP contribution in [0.4, 0.5) is 0 Å². The molecule has 1 unspecified atom stereocenters. The summed E-state index contributed by atoms with van der Waals surface area (Å²) in [5.41, 5.74) is -0.297. The van der Waals surface area contributed by atoms with Gasteiger partial charge in [0.05, 0.1) is 6.07 Å². The highest BCUT2D eigenvalue weighted by molar-refractivity contribution is 5.09. The van der Waals surface area contributed by atoms with E-state index in [-0.39, 0.29) is 5.54 Å². The van der Waals surface area contributed by atoms with Crippen LogP contribution in [0.3, 0.4) is 0 Å². The summed E-state index contributed by atoms with van der Waals surface area (Å²) < 4.78 is 0. The van der Waals surface area contributed by atoms with E-state index in [4.69, 9.17) is 0 Å². The summed E-state index contributed by atoms with van der Waals surface area (Å²) in [6.45, 7) is 6.37. The molecule has 0 aromatic heterocycles. The topological polar surface area (TPSA) is 35.8 Å². The first kappa shape index (κ1) is 11.5. The predicted molar refractivity (Wildman–Crippen MR) is 58.9 cm³/mol. The van der Waals surface area contributed by atoms with Gasteiger partial charge in [0.2, 0.25) is 0 Å². The fourth-order valence-electron chi connectivity index (χ4n) is 2.35. The fourth-order valence-corrected chi connectivity index (χ4v) is 2.35. The minimum Gasteiger partial charge on any atom is -0.296 e. The second-order valence-corrected chi connectivity index (χ2v) is 4.72. The third kappa shape index (κ3) is 2.27. The smallest absolute Gasteiger partial charge is 0.109 e. The molecule has 1 rings (SSSR count). The lowest BCUT2D eigenvalue weighted by Crippen LogP contribution is -2.51. The average Bonchev–Trinajstić information content (AvgIpc) is 2.66. The zero-order chi connectivity index (χ0) is 10.6. The van der Waals surface area contributed by atoms with E-state index in [1.54, 1.807) is 0 Å². The van der Waals surface area contributed by atoms with Gasteiger partial charge in [0.15, 0.2) is 0 Å².